The van der Waals surface area contributed by atoms with Crippen molar-refractivity contribution in [3.63, 3.8) is 0 Å². The molecule has 0 aliphatic carbocycles. The molecule has 0 saturated carbocycles. The molecule has 0 unspecified atom stereocenters. The van der Waals surface area contributed by atoms with Crippen molar-refractivity contribution in [3.8, 4) is 0 Å². The summed E-state index contributed by atoms with van der Waals surface area (Å²) >= 11 is 0. The predicted octanol–water partition coefficient (Wildman–Crippen LogP) is 2.67. The van der Waals surface area contributed by atoms with Gasteiger partial charge >= 0.3 is 0 Å². The van der Waals surface area contributed by atoms with E-state index in [0.717, 1.165) is 26.0 Å². The maximum absolute atomic E-state index is 5.78. The first-order valence-corrected chi connectivity index (χ1v) is 6.39. The Morgan fingerprint density at radius 2 is 2.18 bits per heavy atom. The van der Waals surface area contributed by atoms with Gasteiger partial charge in [-0.05, 0) is 31.7 Å². The Kier molecular flexibility index (Phi) is 4.98. The second kappa shape index (κ2) is 6.74. The summed E-state index contributed by atoms with van der Waals surface area (Å²) in [5.41, 5.74) is 1.27. The smallest absolute Gasteiger partial charge is 0.159 e. The van der Waals surface area contributed by atoms with Crippen molar-refractivity contribution in [2.24, 2.45) is 0 Å². The van der Waals surface area contributed by atoms with Gasteiger partial charge in [-0.3, -0.25) is 5.32 Å². The summed E-state index contributed by atoms with van der Waals surface area (Å²) in [6, 6.07) is 10.3. The largest absolute Gasteiger partial charge is 0.353 e. The van der Waals surface area contributed by atoms with Crippen LogP contribution in [0.25, 0.3) is 0 Å². The molecule has 2 atom stereocenters. The Balaban J connectivity index is 1.68. The van der Waals surface area contributed by atoms with E-state index in [0.29, 0.717) is 0 Å². The van der Waals surface area contributed by atoms with Crippen molar-refractivity contribution >= 4 is 0 Å². The van der Waals surface area contributed by atoms with Crippen LogP contribution in [0.4, 0.5) is 0 Å². The highest BCUT2D eigenvalue weighted by atomic mass is 16.7. The molecular formula is C14H21NO2. The molecule has 3 nitrogen and oxygen atoms in total. The Labute approximate surface area is 103 Å². The Hall–Kier alpha value is -0.900. The van der Waals surface area contributed by atoms with Crippen LogP contribution in [-0.2, 0) is 16.0 Å². The summed E-state index contributed by atoms with van der Waals surface area (Å²) in [5, 5.41) is 3.34. The van der Waals surface area contributed by atoms with Crippen LogP contribution < -0.4 is 5.32 Å². The Bertz CT molecular complexity index is 309. The van der Waals surface area contributed by atoms with Gasteiger partial charge in [-0.1, -0.05) is 30.3 Å². The first-order chi connectivity index (χ1) is 8.34. The minimum absolute atomic E-state index is 0.0259. The normalized spacial score (nSPS) is 22.3. The molecule has 1 heterocycles. The molecule has 0 radical (unpaired) electrons. The van der Waals surface area contributed by atoms with Gasteiger partial charge in [0, 0.05) is 13.2 Å². The Morgan fingerprint density at radius 3 is 2.88 bits per heavy atom. The molecule has 94 valence electrons. The van der Waals surface area contributed by atoms with E-state index in [2.05, 4.69) is 17.4 Å². The first kappa shape index (κ1) is 12.6. The summed E-state index contributed by atoms with van der Waals surface area (Å²) in [6.07, 6.45) is 3.37. The van der Waals surface area contributed by atoms with Gasteiger partial charge in [-0.15, -0.1) is 0 Å². The van der Waals surface area contributed by atoms with Crippen LogP contribution in [0.1, 0.15) is 31.7 Å². The zero-order valence-corrected chi connectivity index (χ0v) is 10.4. The number of benzene rings is 1. The zero-order valence-electron chi connectivity index (χ0n) is 10.4. The average Bonchev–Trinajstić information content (AvgIpc) is 2.39. The van der Waals surface area contributed by atoms with E-state index in [-0.39, 0.29) is 12.5 Å². The third kappa shape index (κ3) is 4.46. The number of ether oxygens (including phenoxy) is 2. The molecule has 1 aliphatic heterocycles. The Morgan fingerprint density at radius 1 is 1.35 bits per heavy atom. The maximum atomic E-state index is 5.78. The van der Waals surface area contributed by atoms with Gasteiger partial charge in [0.2, 0.25) is 0 Å². The number of rotatable bonds is 5. The standard InChI is InChI=1S/C14H21NO2/c1-12(17-14-9-5-6-10-16-14)15-11-13-7-3-2-4-8-13/h2-4,7-8,12,14-15H,5-6,9-11H2,1H3/t12-,14-/m0/s1. The van der Waals surface area contributed by atoms with Crippen molar-refractivity contribution in [3.05, 3.63) is 35.9 Å². The molecule has 1 aromatic rings. The molecule has 3 heteroatoms. The third-order valence-electron chi connectivity index (χ3n) is 2.93. The van der Waals surface area contributed by atoms with Crippen LogP contribution in [0.3, 0.4) is 0 Å². The molecule has 1 aromatic carbocycles. The lowest BCUT2D eigenvalue weighted by atomic mass is 10.2. The van der Waals surface area contributed by atoms with E-state index >= 15 is 0 Å². The number of hydrogen-bond acceptors (Lipinski definition) is 3. The SMILES string of the molecule is C[C@@H](NCc1ccccc1)O[C@H]1CCCCO1. The van der Waals surface area contributed by atoms with Gasteiger partial charge in [0.25, 0.3) is 0 Å². The monoisotopic (exact) mass is 235 g/mol. The second-order valence-corrected chi connectivity index (χ2v) is 4.44. The average molecular weight is 235 g/mol. The van der Waals surface area contributed by atoms with Crippen molar-refractivity contribution in [2.45, 2.75) is 45.2 Å². The topological polar surface area (TPSA) is 30.5 Å². The lowest BCUT2D eigenvalue weighted by molar-refractivity contribution is -0.190. The van der Waals surface area contributed by atoms with E-state index in [4.69, 9.17) is 9.47 Å². The van der Waals surface area contributed by atoms with Crippen LogP contribution >= 0.6 is 0 Å². The fourth-order valence-corrected chi connectivity index (χ4v) is 1.95. The van der Waals surface area contributed by atoms with E-state index < -0.39 is 0 Å². The van der Waals surface area contributed by atoms with Crippen molar-refractivity contribution in [1.29, 1.82) is 0 Å². The van der Waals surface area contributed by atoms with E-state index in [1.807, 2.05) is 25.1 Å². The van der Waals surface area contributed by atoms with E-state index in [1.165, 1.54) is 12.0 Å². The molecule has 0 aromatic heterocycles. The minimum atomic E-state index is -0.0259. The molecule has 0 bridgehead atoms. The fourth-order valence-electron chi connectivity index (χ4n) is 1.95. The van der Waals surface area contributed by atoms with E-state index in [9.17, 15) is 0 Å². The van der Waals surface area contributed by atoms with Crippen molar-refractivity contribution in [1.82, 2.24) is 5.32 Å². The predicted molar refractivity (Wildman–Crippen MR) is 67.4 cm³/mol. The summed E-state index contributed by atoms with van der Waals surface area (Å²) < 4.78 is 11.3. The van der Waals surface area contributed by atoms with Crippen LogP contribution in [0.2, 0.25) is 0 Å². The van der Waals surface area contributed by atoms with Gasteiger partial charge in [-0.2, -0.15) is 0 Å². The molecule has 1 fully saturated rings. The molecule has 1 N–H and O–H groups in total. The van der Waals surface area contributed by atoms with Gasteiger partial charge in [-0.25, -0.2) is 0 Å². The molecule has 1 saturated heterocycles. The highest BCUT2D eigenvalue weighted by Crippen LogP contribution is 2.14. The number of nitrogens with one attached hydrogen (secondary N) is 1. The summed E-state index contributed by atoms with van der Waals surface area (Å²) in [7, 11) is 0. The third-order valence-corrected chi connectivity index (χ3v) is 2.93. The van der Waals surface area contributed by atoms with Gasteiger partial charge < -0.3 is 9.47 Å². The quantitative estimate of drug-likeness (QED) is 0.796. The number of hydrogen-bond donors (Lipinski definition) is 1. The van der Waals surface area contributed by atoms with Crippen LogP contribution in [0.15, 0.2) is 30.3 Å². The lowest BCUT2D eigenvalue weighted by Crippen LogP contribution is -2.35. The zero-order chi connectivity index (χ0) is 11.9. The van der Waals surface area contributed by atoms with Gasteiger partial charge in [0.15, 0.2) is 6.29 Å². The summed E-state index contributed by atoms with van der Waals surface area (Å²) in [6.45, 7) is 3.69. The first-order valence-electron chi connectivity index (χ1n) is 6.39. The second-order valence-electron chi connectivity index (χ2n) is 4.44. The molecular weight excluding hydrogens is 214 g/mol. The lowest BCUT2D eigenvalue weighted by Gasteiger charge is -2.26. The van der Waals surface area contributed by atoms with E-state index in [1.54, 1.807) is 0 Å². The highest BCUT2D eigenvalue weighted by Gasteiger charge is 2.16. The van der Waals surface area contributed by atoms with Crippen LogP contribution in [-0.4, -0.2) is 19.1 Å². The molecule has 0 spiro atoms. The van der Waals surface area contributed by atoms with Crippen LogP contribution in [0, 0.1) is 0 Å². The minimum Gasteiger partial charge on any atom is -0.353 e. The van der Waals surface area contributed by atoms with Gasteiger partial charge in [0.05, 0.1) is 0 Å². The summed E-state index contributed by atoms with van der Waals surface area (Å²) in [5.74, 6) is 0. The molecule has 2 rings (SSSR count). The van der Waals surface area contributed by atoms with Crippen LogP contribution in [0.5, 0.6) is 0 Å². The van der Waals surface area contributed by atoms with Gasteiger partial charge in [0.1, 0.15) is 6.23 Å². The molecule has 17 heavy (non-hydrogen) atoms. The molecule has 0 amide bonds. The highest BCUT2D eigenvalue weighted by molar-refractivity contribution is 5.14. The van der Waals surface area contributed by atoms with Crippen molar-refractivity contribution in [2.75, 3.05) is 6.61 Å². The van der Waals surface area contributed by atoms with Crippen molar-refractivity contribution < 1.29 is 9.47 Å². The molecule has 1 aliphatic rings. The summed E-state index contributed by atoms with van der Waals surface area (Å²) in [4.78, 5) is 0. The fraction of sp³-hybridized carbons (Fsp3) is 0.571. The maximum Gasteiger partial charge on any atom is 0.159 e.